The van der Waals surface area contributed by atoms with Crippen LogP contribution in [0, 0.1) is 6.92 Å². The molecule has 54 heavy (non-hydrogen) atoms. The van der Waals surface area contributed by atoms with Crippen LogP contribution in [-0.2, 0) is 0 Å². The van der Waals surface area contributed by atoms with Crippen LogP contribution in [0.25, 0.3) is 10.8 Å². The molecule has 0 aromatic heterocycles. The molecule has 0 saturated carbocycles. The average Bonchev–Trinajstić information content (AvgIpc) is 3.12. The van der Waals surface area contributed by atoms with Crippen LogP contribution < -0.4 is 17.2 Å². The number of hydrogen-bond acceptors (Lipinski definition) is 6. The lowest BCUT2D eigenvalue weighted by atomic mass is 10.1. The molecule has 0 heterocycles. The zero-order valence-corrected chi connectivity index (χ0v) is 36.3. The molecule has 7 aromatic rings. The molecule has 0 fully saturated rings. The SMILES string of the molecule is Cc1cc(N)ccc1Sc1ccc(Cl)cc1Cl.Cl.Cl.Nc1ccc(Sc2cccc(Cl)c2Cl)cc1.Nc1ccc(Sc2cccc3ccccc23)c(Cl)c1. The number of halogens is 7. The number of benzene rings is 7. The second kappa shape index (κ2) is 22.1. The molecule has 0 radical (unpaired) electrons. The summed E-state index contributed by atoms with van der Waals surface area (Å²) in [4.78, 5) is 6.38. The van der Waals surface area contributed by atoms with E-state index in [2.05, 4.69) is 36.4 Å². The molecule has 0 atom stereocenters. The summed E-state index contributed by atoms with van der Waals surface area (Å²) in [7, 11) is 0. The van der Waals surface area contributed by atoms with Gasteiger partial charge in [0, 0.05) is 51.5 Å². The normalized spacial score (nSPS) is 10.2. The molecule has 0 unspecified atom stereocenters. The second-order valence-electron chi connectivity index (χ2n) is 11.2. The van der Waals surface area contributed by atoms with Crippen molar-refractivity contribution in [1.29, 1.82) is 0 Å². The van der Waals surface area contributed by atoms with Gasteiger partial charge in [-0.1, -0.05) is 136 Å². The zero-order chi connectivity index (χ0) is 37.2. The van der Waals surface area contributed by atoms with E-state index in [1.807, 2.05) is 91.9 Å². The first-order valence-corrected chi connectivity index (χ1v) is 20.0. The van der Waals surface area contributed by atoms with E-state index in [1.165, 1.54) is 15.7 Å². The van der Waals surface area contributed by atoms with E-state index in [0.717, 1.165) is 41.4 Å². The first kappa shape index (κ1) is 45.7. The molecule has 0 spiro atoms. The van der Waals surface area contributed by atoms with Crippen molar-refractivity contribution >= 4 is 146 Å². The summed E-state index contributed by atoms with van der Waals surface area (Å²) in [6.07, 6.45) is 0. The third-order valence-corrected chi connectivity index (χ3v) is 12.8. The smallest absolute Gasteiger partial charge is 0.0731 e. The Hall–Kier alpha value is -2.72. The molecule has 7 rings (SSSR count). The predicted molar refractivity (Wildman–Crippen MR) is 246 cm³/mol. The maximum Gasteiger partial charge on any atom is 0.0731 e. The van der Waals surface area contributed by atoms with E-state index in [0.29, 0.717) is 30.8 Å². The Balaban J connectivity index is 0.000000215. The highest BCUT2D eigenvalue weighted by Crippen LogP contribution is 2.39. The molecule has 7 aromatic carbocycles. The number of hydrogen-bond donors (Lipinski definition) is 3. The lowest BCUT2D eigenvalue weighted by Gasteiger charge is -2.08. The van der Waals surface area contributed by atoms with Crippen LogP contribution >= 0.6 is 118 Å². The van der Waals surface area contributed by atoms with Crippen molar-refractivity contribution in [2.45, 2.75) is 36.3 Å². The first-order chi connectivity index (χ1) is 25.0. The minimum absolute atomic E-state index is 0. The first-order valence-electron chi connectivity index (χ1n) is 15.6. The third kappa shape index (κ3) is 13.2. The van der Waals surface area contributed by atoms with Crippen molar-refractivity contribution in [3.63, 3.8) is 0 Å². The van der Waals surface area contributed by atoms with E-state index < -0.39 is 0 Å². The van der Waals surface area contributed by atoms with Gasteiger partial charge in [0.1, 0.15) is 0 Å². The second-order valence-corrected chi connectivity index (χ2v) is 16.5. The van der Waals surface area contributed by atoms with Gasteiger partial charge >= 0.3 is 0 Å². The van der Waals surface area contributed by atoms with Crippen LogP contribution in [0.3, 0.4) is 0 Å². The molecule has 0 aliphatic heterocycles. The van der Waals surface area contributed by atoms with E-state index in [9.17, 15) is 0 Å². The molecule has 6 N–H and O–H groups in total. The standard InChI is InChI=1S/C16H12ClNS.C13H11Cl2NS.C12H9Cl2NS.2ClH/c17-14-10-12(18)8-9-16(14)19-15-7-3-5-11-4-1-2-6-13(11)15;1-8-6-10(16)3-5-12(8)17-13-4-2-9(14)7-11(13)15;13-10-2-1-3-11(12(10)14)16-9-6-4-8(15)5-7-9;;/h1-10H,18H2;2-7H,16H2,1H3;1-7H,15H2;2*1H. The van der Waals surface area contributed by atoms with E-state index in [4.69, 9.17) is 75.2 Å². The van der Waals surface area contributed by atoms with Crippen LogP contribution in [0.15, 0.2) is 169 Å². The van der Waals surface area contributed by atoms with Gasteiger partial charge in [-0.25, -0.2) is 0 Å². The van der Waals surface area contributed by atoms with Crippen molar-refractivity contribution in [1.82, 2.24) is 0 Å². The molecular weight excluding hydrogens is 879 g/mol. The molecule has 0 aliphatic rings. The Morgan fingerprint density at radius 2 is 0.963 bits per heavy atom. The minimum atomic E-state index is 0. The van der Waals surface area contributed by atoms with Gasteiger partial charge in [-0.3, -0.25) is 0 Å². The molecule has 0 saturated heterocycles. The van der Waals surface area contributed by atoms with Gasteiger partial charge in [-0.2, -0.15) is 0 Å². The highest BCUT2D eigenvalue weighted by atomic mass is 35.5. The van der Waals surface area contributed by atoms with E-state index in [1.54, 1.807) is 53.5 Å². The van der Waals surface area contributed by atoms with Crippen LogP contribution in [0.5, 0.6) is 0 Å². The summed E-state index contributed by atoms with van der Waals surface area (Å²) in [5.74, 6) is 0. The quantitative estimate of drug-likeness (QED) is 0.144. The number of fused-ring (bicyclic) bond motifs is 1. The minimum Gasteiger partial charge on any atom is -0.399 e. The van der Waals surface area contributed by atoms with Crippen molar-refractivity contribution in [2.24, 2.45) is 0 Å². The molecular formula is C41H34Cl7N3S3. The van der Waals surface area contributed by atoms with Crippen molar-refractivity contribution in [2.75, 3.05) is 17.2 Å². The van der Waals surface area contributed by atoms with Gasteiger partial charge in [0.25, 0.3) is 0 Å². The lowest BCUT2D eigenvalue weighted by molar-refractivity contribution is 1.29. The Morgan fingerprint density at radius 3 is 1.63 bits per heavy atom. The largest absolute Gasteiger partial charge is 0.399 e. The number of nitrogen functional groups attached to an aromatic ring is 3. The lowest BCUT2D eigenvalue weighted by Crippen LogP contribution is -1.87. The van der Waals surface area contributed by atoms with Gasteiger partial charge in [0.05, 0.1) is 20.1 Å². The topological polar surface area (TPSA) is 78.1 Å². The summed E-state index contributed by atoms with van der Waals surface area (Å²) >= 11 is 35.1. The number of rotatable bonds is 6. The molecule has 0 aliphatic carbocycles. The maximum atomic E-state index is 6.23. The molecule has 280 valence electrons. The zero-order valence-electron chi connectivity index (χ0n) is 28.4. The Kier molecular flexibility index (Phi) is 18.7. The Morgan fingerprint density at radius 1 is 0.426 bits per heavy atom. The van der Waals surface area contributed by atoms with Gasteiger partial charge < -0.3 is 17.2 Å². The maximum absolute atomic E-state index is 6.23. The number of aryl methyl sites for hydroxylation is 1. The summed E-state index contributed by atoms with van der Waals surface area (Å²) in [5, 5.41) is 5.64. The van der Waals surface area contributed by atoms with Gasteiger partial charge in [-0.05, 0) is 120 Å². The van der Waals surface area contributed by atoms with Gasteiger partial charge in [-0.15, -0.1) is 24.8 Å². The predicted octanol–water partition coefficient (Wildman–Crippen LogP) is 15.8. The highest BCUT2D eigenvalue weighted by molar-refractivity contribution is 8.00. The number of nitrogens with two attached hydrogens (primary N) is 3. The van der Waals surface area contributed by atoms with Gasteiger partial charge in [0.2, 0.25) is 0 Å². The summed E-state index contributed by atoms with van der Waals surface area (Å²) < 4.78 is 0. The molecule has 0 amide bonds. The van der Waals surface area contributed by atoms with Crippen molar-refractivity contribution < 1.29 is 0 Å². The summed E-state index contributed by atoms with van der Waals surface area (Å²) in [6.45, 7) is 2.03. The van der Waals surface area contributed by atoms with E-state index >= 15 is 0 Å². The van der Waals surface area contributed by atoms with Crippen LogP contribution in [0.2, 0.25) is 25.1 Å². The van der Waals surface area contributed by atoms with Gasteiger partial charge in [0.15, 0.2) is 0 Å². The third-order valence-electron chi connectivity index (χ3n) is 7.26. The summed E-state index contributed by atoms with van der Waals surface area (Å²) in [5.41, 5.74) is 20.4. The Labute approximate surface area is 366 Å². The van der Waals surface area contributed by atoms with Crippen LogP contribution in [0.4, 0.5) is 17.1 Å². The van der Waals surface area contributed by atoms with E-state index in [-0.39, 0.29) is 24.8 Å². The fourth-order valence-corrected chi connectivity index (χ4v) is 8.72. The Bertz CT molecular complexity index is 2250. The fraction of sp³-hybridized carbons (Fsp3) is 0.0244. The molecule has 13 heteroatoms. The van der Waals surface area contributed by atoms with Crippen LogP contribution in [-0.4, -0.2) is 0 Å². The van der Waals surface area contributed by atoms with Crippen molar-refractivity contribution in [3.05, 3.63) is 170 Å². The molecule has 0 bridgehead atoms. The molecule has 3 nitrogen and oxygen atoms in total. The average molecular weight is 913 g/mol. The summed E-state index contributed by atoms with van der Waals surface area (Å²) in [6, 6.07) is 44.8. The fourth-order valence-electron chi connectivity index (χ4n) is 4.69. The van der Waals surface area contributed by atoms with Crippen LogP contribution in [0.1, 0.15) is 5.56 Å². The monoisotopic (exact) mass is 909 g/mol. The number of anilines is 3. The highest BCUT2D eigenvalue weighted by Gasteiger charge is 2.08. The van der Waals surface area contributed by atoms with Crippen molar-refractivity contribution in [3.8, 4) is 0 Å².